The van der Waals surface area contributed by atoms with Crippen molar-refractivity contribution < 1.29 is 9.90 Å². The maximum Gasteiger partial charge on any atom is 0.274 e. The van der Waals surface area contributed by atoms with Crippen molar-refractivity contribution in [2.45, 2.75) is 25.5 Å². The second-order valence-corrected chi connectivity index (χ2v) is 7.70. The summed E-state index contributed by atoms with van der Waals surface area (Å²) in [6.07, 6.45) is 6.70. The van der Waals surface area contributed by atoms with Gasteiger partial charge in [-0.25, -0.2) is 9.97 Å². The Hall–Kier alpha value is -3.45. The lowest BCUT2D eigenvalue weighted by atomic mass is 10.1. The van der Waals surface area contributed by atoms with Crippen molar-refractivity contribution in [3.63, 3.8) is 0 Å². The van der Waals surface area contributed by atoms with Crippen molar-refractivity contribution in [3.05, 3.63) is 78.5 Å². The highest BCUT2D eigenvalue weighted by molar-refractivity contribution is 6.00. The van der Waals surface area contributed by atoms with E-state index in [1.807, 2.05) is 57.8 Å². The Balaban J connectivity index is 1.49. The van der Waals surface area contributed by atoms with Crippen LogP contribution >= 0.6 is 0 Å². The molecule has 1 aliphatic rings. The second-order valence-electron chi connectivity index (χ2n) is 7.70. The molecule has 1 N–H and O–H groups in total. The number of β-amino-alcohol motifs (C(OH)–C–C–N with tert-alkyl or cyclic N) is 1. The van der Waals surface area contributed by atoms with E-state index >= 15 is 0 Å². The summed E-state index contributed by atoms with van der Waals surface area (Å²) < 4.78 is 3.92. The van der Waals surface area contributed by atoms with Crippen LogP contribution < -0.4 is 0 Å². The van der Waals surface area contributed by atoms with Crippen LogP contribution in [-0.2, 0) is 6.54 Å². The van der Waals surface area contributed by atoms with Crippen LogP contribution in [0, 0.1) is 0 Å². The fourth-order valence-corrected chi connectivity index (χ4v) is 4.02. The van der Waals surface area contributed by atoms with E-state index in [9.17, 15) is 9.90 Å². The molecule has 0 unspecified atom stereocenters. The molecule has 1 aliphatic heterocycles. The number of likely N-dealkylation sites (tertiary alicyclic amines) is 1. The quantitative estimate of drug-likeness (QED) is 0.571. The predicted molar refractivity (Wildman–Crippen MR) is 113 cm³/mol. The number of aliphatic hydroxyl groups excluding tert-OH is 1. The highest BCUT2D eigenvalue weighted by atomic mass is 16.3. The third-order valence-electron chi connectivity index (χ3n) is 5.51. The molecule has 0 bridgehead atoms. The standard InChI is InChI=1S/C23H23N5O2/c29-18-9-6-11-27(14-18)23(30)21-20-10-4-5-12-28(20)22(25-21)19-15-26(16-24-19)13-17-7-2-1-3-8-17/h1-5,7-8,10,12,15-16,18,29H,6,9,11,13-14H2/t18-/m0/s1. The molecule has 7 heteroatoms. The molecule has 1 atom stereocenters. The Morgan fingerprint density at radius 3 is 2.80 bits per heavy atom. The van der Waals surface area contributed by atoms with Gasteiger partial charge < -0.3 is 14.6 Å². The zero-order valence-corrected chi connectivity index (χ0v) is 16.6. The van der Waals surface area contributed by atoms with Gasteiger partial charge in [0, 0.05) is 32.0 Å². The van der Waals surface area contributed by atoms with E-state index < -0.39 is 6.10 Å². The van der Waals surface area contributed by atoms with Crippen LogP contribution in [0.15, 0.2) is 67.3 Å². The number of carbonyl (C=O) groups is 1. The Labute approximate surface area is 174 Å². The third kappa shape index (κ3) is 3.48. The lowest BCUT2D eigenvalue weighted by Gasteiger charge is -2.29. The number of hydrogen-bond donors (Lipinski definition) is 1. The summed E-state index contributed by atoms with van der Waals surface area (Å²) in [7, 11) is 0. The van der Waals surface area contributed by atoms with Gasteiger partial charge in [-0.1, -0.05) is 36.4 Å². The molecule has 30 heavy (non-hydrogen) atoms. The molecule has 0 saturated carbocycles. The number of hydrogen-bond acceptors (Lipinski definition) is 4. The molecule has 4 heterocycles. The minimum atomic E-state index is -0.468. The predicted octanol–water partition coefficient (Wildman–Crippen LogP) is 2.84. The average molecular weight is 401 g/mol. The molecular formula is C23H23N5O2. The molecule has 4 aromatic rings. The Morgan fingerprint density at radius 2 is 1.97 bits per heavy atom. The lowest BCUT2D eigenvalue weighted by molar-refractivity contribution is 0.0471. The molecule has 0 radical (unpaired) electrons. The summed E-state index contributed by atoms with van der Waals surface area (Å²) in [5.74, 6) is 0.491. The molecule has 0 spiro atoms. The largest absolute Gasteiger partial charge is 0.391 e. The molecule has 1 amide bonds. The molecule has 3 aromatic heterocycles. The molecule has 152 valence electrons. The molecule has 1 fully saturated rings. The monoisotopic (exact) mass is 401 g/mol. The van der Waals surface area contributed by atoms with Crippen LogP contribution in [0.1, 0.15) is 28.9 Å². The first-order valence-corrected chi connectivity index (χ1v) is 10.2. The Kier molecular flexibility index (Phi) is 4.80. The fraction of sp³-hybridized carbons (Fsp3) is 0.261. The molecule has 7 nitrogen and oxygen atoms in total. The molecule has 0 aliphatic carbocycles. The third-order valence-corrected chi connectivity index (χ3v) is 5.51. The van der Waals surface area contributed by atoms with E-state index in [-0.39, 0.29) is 5.91 Å². The van der Waals surface area contributed by atoms with Gasteiger partial charge in [0.15, 0.2) is 11.5 Å². The topological polar surface area (TPSA) is 75.7 Å². The average Bonchev–Trinajstić information content (AvgIpc) is 3.38. The minimum Gasteiger partial charge on any atom is -0.391 e. The van der Waals surface area contributed by atoms with Crippen LogP contribution in [0.4, 0.5) is 0 Å². The van der Waals surface area contributed by atoms with E-state index in [0.717, 1.165) is 18.4 Å². The maximum absolute atomic E-state index is 13.2. The SMILES string of the molecule is O=C(c1nc(-c2cn(Cc3ccccc3)cn2)n2ccccc12)N1CCC[C@H](O)C1. The number of rotatable bonds is 4. The van der Waals surface area contributed by atoms with Gasteiger partial charge in [0.05, 0.1) is 17.9 Å². The summed E-state index contributed by atoms with van der Waals surface area (Å²) in [6, 6.07) is 15.9. The summed E-state index contributed by atoms with van der Waals surface area (Å²) in [6.45, 7) is 1.71. The maximum atomic E-state index is 13.2. The number of pyridine rings is 1. The van der Waals surface area contributed by atoms with Gasteiger partial charge in [0.2, 0.25) is 0 Å². The number of aromatic nitrogens is 4. The van der Waals surface area contributed by atoms with Crippen LogP contribution in [0.25, 0.3) is 17.0 Å². The number of piperidine rings is 1. The van der Waals surface area contributed by atoms with Crippen molar-refractivity contribution in [1.82, 2.24) is 23.8 Å². The number of fused-ring (bicyclic) bond motifs is 1. The van der Waals surface area contributed by atoms with Crippen molar-refractivity contribution >= 4 is 11.4 Å². The van der Waals surface area contributed by atoms with Crippen molar-refractivity contribution in [1.29, 1.82) is 0 Å². The zero-order valence-electron chi connectivity index (χ0n) is 16.6. The van der Waals surface area contributed by atoms with Crippen molar-refractivity contribution in [3.8, 4) is 11.5 Å². The number of benzene rings is 1. The first-order valence-electron chi connectivity index (χ1n) is 10.2. The number of nitrogens with zero attached hydrogens (tertiary/aromatic N) is 5. The van der Waals surface area contributed by atoms with E-state index in [1.165, 1.54) is 5.56 Å². The van der Waals surface area contributed by atoms with Crippen LogP contribution in [0.2, 0.25) is 0 Å². The number of amides is 1. The number of imidazole rings is 2. The number of aliphatic hydroxyl groups is 1. The molecule has 1 aromatic carbocycles. The fourth-order valence-electron chi connectivity index (χ4n) is 4.02. The smallest absolute Gasteiger partial charge is 0.274 e. The van der Waals surface area contributed by atoms with E-state index in [2.05, 4.69) is 17.1 Å². The Morgan fingerprint density at radius 1 is 1.13 bits per heavy atom. The summed E-state index contributed by atoms with van der Waals surface area (Å²) >= 11 is 0. The first kappa shape index (κ1) is 18.6. The Bertz CT molecular complexity index is 1180. The van der Waals surface area contributed by atoms with Gasteiger partial charge in [-0.2, -0.15) is 0 Å². The second kappa shape index (κ2) is 7.76. The van der Waals surface area contributed by atoms with Gasteiger partial charge in [0.1, 0.15) is 5.69 Å². The van der Waals surface area contributed by atoms with Crippen LogP contribution in [0.3, 0.4) is 0 Å². The van der Waals surface area contributed by atoms with Gasteiger partial charge >= 0.3 is 0 Å². The van der Waals surface area contributed by atoms with E-state index in [4.69, 9.17) is 4.98 Å². The lowest BCUT2D eigenvalue weighted by Crippen LogP contribution is -2.42. The number of carbonyl (C=O) groups excluding carboxylic acids is 1. The molecule has 5 rings (SSSR count). The van der Waals surface area contributed by atoms with Gasteiger partial charge in [-0.05, 0) is 30.5 Å². The summed E-state index contributed by atoms with van der Waals surface area (Å²) in [4.78, 5) is 24.1. The van der Waals surface area contributed by atoms with Crippen molar-refractivity contribution in [2.24, 2.45) is 0 Å². The molecule has 1 saturated heterocycles. The van der Waals surface area contributed by atoms with Crippen LogP contribution in [0.5, 0.6) is 0 Å². The summed E-state index contributed by atoms with van der Waals surface area (Å²) in [5, 5.41) is 9.96. The van der Waals surface area contributed by atoms with Crippen LogP contribution in [-0.4, -0.2) is 54.0 Å². The highest BCUT2D eigenvalue weighted by Crippen LogP contribution is 2.24. The first-order chi connectivity index (χ1) is 14.7. The molecular weight excluding hydrogens is 378 g/mol. The van der Waals surface area contributed by atoms with Gasteiger partial charge in [0.25, 0.3) is 5.91 Å². The highest BCUT2D eigenvalue weighted by Gasteiger charge is 2.27. The zero-order chi connectivity index (χ0) is 20.5. The summed E-state index contributed by atoms with van der Waals surface area (Å²) in [5.41, 5.74) is 3.05. The van der Waals surface area contributed by atoms with E-state index in [1.54, 1.807) is 11.2 Å². The minimum absolute atomic E-state index is 0.146. The normalized spacial score (nSPS) is 16.8. The van der Waals surface area contributed by atoms with E-state index in [0.29, 0.717) is 36.8 Å². The van der Waals surface area contributed by atoms with Crippen molar-refractivity contribution in [2.75, 3.05) is 13.1 Å². The van der Waals surface area contributed by atoms with Gasteiger partial charge in [-0.3, -0.25) is 9.20 Å². The van der Waals surface area contributed by atoms with Gasteiger partial charge in [-0.15, -0.1) is 0 Å².